The average molecular weight is 2190 g/mol. The fourth-order valence-electron chi connectivity index (χ4n) is 5.54. The molecule has 0 aromatic carbocycles. The van der Waals surface area contributed by atoms with Crippen LogP contribution in [-0.4, -0.2) is 165 Å². The number of nitrogens with two attached hydrogens (primary N) is 3. The molecular formula is C52H51Br7F18N20O5S8. The SMILES string of the molecule is Brc1csc(Br)n1.CC(=O)CC(C)=O.CC(n1cnnc1-c1nc(Br)cs1)C(F)(F)F.CC(n1cnnc1-c1nc(N)cs1)C(F)(F)F.C[C@H](N)C(F)(F)F.C[C@H](N=C(NN)c1nc(Br)cs1)C(F)(F)F.C[C@H](NC(=O)c1nc(Br)cs1)C(F)(F)F.C[C@H](NC(=S)c1nc(Br)cs1)C(F)(F)F.O=C(O)c1nc(Br)cs1. The second kappa shape index (κ2) is 47.2. The zero-order chi connectivity index (χ0) is 84.9. The summed E-state index contributed by atoms with van der Waals surface area (Å²) in [4.78, 5) is 71.9. The number of alkyl halides is 18. The number of halogens is 25. The van der Waals surface area contributed by atoms with Crippen LogP contribution >= 0.6 is 203 Å². The maximum atomic E-state index is 12.6. The van der Waals surface area contributed by atoms with Crippen LogP contribution in [-0.2, 0) is 9.59 Å². The first-order valence-electron chi connectivity index (χ1n) is 28.2. The Labute approximate surface area is 701 Å². The number of aromatic carboxylic acids is 1. The lowest BCUT2D eigenvalue weighted by atomic mass is 10.2. The number of thiazole rings is 7. The zero-order valence-electron chi connectivity index (χ0n) is 55.7. The van der Waals surface area contributed by atoms with Gasteiger partial charge in [0.15, 0.2) is 46.4 Å². The molecule has 0 aliphatic carbocycles. The maximum absolute atomic E-state index is 12.6. The van der Waals surface area contributed by atoms with Crippen molar-refractivity contribution >= 4 is 243 Å². The molecule has 0 radical (unpaired) electrons. The monoisotopic (exact) mass is 2190 g/mol. The van der Waals surface area contributed by atoms with Crippen LogP contribution in [0.2, 0.25) is 0 Å². The number of hydrogen-bond donors (Lipinski definition) is 7. The third-order valence-corrected chi connectivity index (χ3v) is 22.2. The number of carboxylic acids is 1. The number of amides is 1. The van der Waals surface area contributed by atoms with E-state index in [2.05, 4.69) is 188 Å². The van der Waals surface area contributed by atoms with Gasteiger partial charge >= 0.3 is 43.0 Å². The molecule has 0 saturated heterocycles. The number of hydrogen-bond acceptors (Lipinski definition) is 27. The Bertz CT molecular complexity index is 4150. The summed E-state index contributed by atoms with van der Waals surface area (Å²) >= 11 is 34.8. The number of nitrogen functional groups attached to an aromatic ring is 1. The van der Waals surface area contributed by atoms with Crippen LogP contribution in [0.4, 0.5) is 84.8 Å². The molecule has 9 heterocycles. The molecular weight excluding hydrogens is 2140 g/mol. The summed E-state index contributed by atoms with van der Waals surface area (Å²) in [7, 11) is 0. The van der Waals surface area contributed by atoms with Crippen molar-refractivity contribution in [3.8, 4) is 21.7 Å². The standard InChI is InChI=1S/C8H6BrF3N4S.C8H8F3N5S.C7H8BrF3N4S.C7H6BrF3N2OS.C7H6BrF3N2S2.C5H8O2.C4H2BrNO2S.C3HBr2NS.C3H6F3N/c1-4(8(10,11)12)16-3-13-15-6(16)7-14-5(9)2-17-7;1-4(8(9,10)11)16-3-13-15-6(16)7-14-5(12)2-17-7;1-3(7(9,10)11)13-5(15-12)6-14-4(8)2-16-6;2*1-3(7(9,10)11)12-5(14)6-13-4(8)2-15-6;1-4(6)3-5(2)7;5-2-1-9-3(6-2)4(7)8;4-2-1-7-3(5)6-2;1-2(7)3(4,5)6/h2-4H,1H3;2-4H,12H2,1H3;2-3H,12H2,1H3,(H,13,15);2*2-3H,1H3,(H,12,14);3H2,1-2H3;1H,(H,7,8);1H;2H,7H2,1H3/t;;3*3-;;;;2-/m..000...0/s1. The number of carboxylic acid groups (broad SMARTS) is 1. The van der Waals surface area contributed by atoms with E-state index in [0.717, 1.165) is 117 Å². The molecule has 10 N–H and O–H groups in total. The molecule has 1 amide bonds. The van der Waals surface area contributed by atoms with E-state index in [9.17, 15) is 98.2 Å². The molecule has 0 aliphatic rings. The van der Waals surface area contributed by atoms with Gasteiger partial charge in [-0.25, -0.2) is 45.5 Å². The normalized spacial score (nSPS) is 13.2. The number of Topliss-reactive ketones (excluding diaryl/α,β-unsaturated/α-hetero) is 2. The van der Waals surface area contributed by atoms with E-state index in [4.69, 9.17) is 28.9 Å². The van der Waals surface area contributed by atoms with E-state index in [1.54, 1.807) is 32.9 Å². The summed E-state index contributed by atoms with van der Waals surface area (Å²) in [5.74, 6) is 3.53. The summed E-state index contributed by atoms with van der Waals surface area (Å²) in [5, 5.41) is 39.7. The molecule has 612 valence electrons. The van der Waals surface area contributed by atoms with Crippen LogP contribution in [0, 0.1) is 0 Å². The van der Waals surface area contributed by atoms with Crippen LogP contribution in [0.5, 0.6) is 0 Å². The van der Waals surface area contributed by atoms with E-state index >= 15 is 0 Å². The molecule has 0 saturated carbocycles. The second-order valence-corrected chi connectivity index (χ2v) is 32.5. The molecule has 9 aromatic rings. The van der Waals surface area contributed by atoms with Crippen LogP contribution < -0.4 is 33.4 Å². The number of aliphatic imine (C=N–C) groups is 1. The van der Waals surface area contributed by atoms with E-state index < -0.39 is 85.2 Å². The Hall–Kier alpha value is -4.85. The quantitative estimate of drug-likeness (QED) is 0.0107. The van der Waals surface area contributed by atoms with E-state index in [1.165, 1.54) is 47.3 Å². The number of carbonyl (C=O) groups is 4. The molecule has 6 atom stereocenters. The molecule has 110 heavy (non-hydrogen) atoms. The minimum atomic E-state index is -4.44. The predicted molar refractivity (Wildman–Crippen MR) is 408 cm³/mol. The third kappa shape index (κ3) is 39.9. The predicted octanol–water partition coefficient (Wildman–Crippen LogP) is 18.9. The van der Waals surface area contributed by atoms with Crippen molar-refractivity contribution in [1.82, 2.24) is 80.5 Å². The highest BCUT2D eigenvalue weighted by atomic mass is 79.9. The number of nitrogens with one attached hydrogen (secondary N) is 3. The van der Waals surface area contributed by atoms with Gasteiger partial charge in [0, 0.05) is 37.7 Å². The number of carbonyl (C=O) groups excluding carboxylic acids is 3. The van der Waals surface area contributed by atoms with Crippen molar-refractivity contribution in [3.05, 3.63) is 102 Å². The van der Waals surface area contributed by atoms with Gasteiger partial charge in [0.05, 0.1) is 12.5 Å². The Morgan fingerprint density at radius 1 is 0.500 bits per heavy atom. The van der Waals surface area contributed by atoms with E-state index in [-0.39, 0.29) is 56.3 Å². The van der Waals surface area contributed by atoms with E-state index in [1.807, 2.05) is 10.7 Å². The lowest BCUT2D eigenvalue weighted by Crippen LogP contribution is -2.43. The van der Waals surface area contributed by atoms with Gasteiger partial charge in [-0.2, -0.15) is 79.0 Å². The van der Waals surface area contributed by atoms with Gasteiger partial charge in [-0.15, -0.1) is 99.8 Å². The minimum Gasteiger partial charge on any atom is -0.476 e. The summed E-state index contributed by atoms with van der Waals surface area (Å²) in [6.07, 6.45) is -23.9. The van der Waals surface area contributed by atoms with Crippen LogP contribution in [0.3, 0.4) is 0 Å². The first-order chi connectivity index (χ1) is 50.3. The van der Waals surface area contributed by atoms with Crippen molar-refractivity contribution in [3.63, 3.8) is 0 Å². The van der Waals surface area contributed by atoms with Crippen molar-refractivity contribution in [2.24, 2.45) is 16.6 Å². The number of anilines is 1. The fourth-order valence-corrected chi connectivity index (χ4v) is 14.1. The molecule has 2 unspecified atom stereocenters. The highest BCUT2D eigenvalue weighted by Gasteiger charge is 2.42. The number of ketones is 2. The highest BCUT2D eigenvalue weighted by molar-refractivity contribution is 9.12. The van der Waals surface area contributed by atoms with Gasteiger partial charge in [-0.1, -0.05) is 12.2 Å². The van der Waals surface area contributed by atoms with E-state index in [0.29, 0.717) is 43.0 Å². The fraction of sp³-hybridized carbons (Fsp3) is 0.404. The van der Waals surface area contributed by atoms with Crippen LogP contribution in [0.25, 0.3) is 21.7 Å². The summed E-state index contributed by atoms with van der Waals surface area (Å²) < 4.78 is 225. The molecule has 0 fully saturated rings. The van der Waals surface area contributed by atoms with Crippen molar-refractivity contribution in [2.75, 3.05) is 5.73 Å². The Balaban J connectivity index is 0.000000631. The number of aromatic nitrogens is 13. The van der Waals surface area contributed by atoms with Gasteiger partial charge in [0.25, 0.3) is 5.91 Å². The molecule has 9 rings (SSSR count). The molecule has 0 bridgehead atoms. The first kappa shape index (κ1) is 103. The van der Waals surface area contributed by atoms with Crippen molar-refractivity contribution in [1.29, 1.82) is 0 Å². The Morgan fingerprint density at radius 2 is 0.855 bits per heavy atom. The number of hydrazine groups is 1. The van der Waals surface area contributed by atoms with Crippen LogP contribution in [0.15, 0.2) is 86.8 Å². The number of rotatable bonds is 13. The van der Waals surface area contributed by atoms with Gasteiger partial charge in [0.2, 0.25) is 5.01 Å². The molecule has 58 heteroatoms. The van der Waals surface area contributed by atoms with Gasteiger partial charge in [-0.05, 0) is 167 Å². The minimum absolute atomic E-state index is 0.00188. The van der Waals surface area contributed by atoms with Crippen molar-refractivity contribution in [2.45, 2.75) is 135 Å². The topological polar surface area (TPSA) is 367 Å². The molecule has 0 spiro atoms. The zero-order valence-corrected chi connectivity index (χ0v) is 73.3. The number of amidine groups is 1. The summed E-state index contributed by atoms with van der Waals surface area (Å²) in [6.45, 7) is 8.62. The Morgan fingerprint density at radius 3 is 1.13 bits per heavy atom. The largest absolute Gasteiger partial charge is 0.476 e. The Kier molecular flexibility index (Phi) is 44.3. The highest BCUT2D eigenvalue weighted by Crippen LogP contribution is 2.36. The second-order valence-electron chi connectivity index (χ2n) is 20.0. The first-order valence-corrected chi connectivity index (χ1v) is 40.3. The van der Waals surface area contributed by atoms with Gasteiger partial charge in [0.1, 0.15) is 92.9 Å². The summed E-state index contributed by atoms with van der Waals surface area (Å²) in [5.41, 5.74) is 12.0. The molecule has 0 aliphatic heterocycles. The maximum Gasteiger partial charge on any atom is 0.410 e. The van der Waals surface area contributed by atoms with Gasteiger partial charge in [-0.3, -0.25) is 28.5 Å². The van der Waals surface area contributed by atoms with Crippen LogP contribution in [0.1, 0.15) is 104 Å². The van der Waals surface area contributed by atoms with Crippen molar-refractivity contribution < 1.29 is 103 Å². The molecule has 9 aromatic heterocycles. The smallest absolute Gasteiger partial charge is 0.410 e. The third-order valence-electron chi connectivity index (χ3n) is 11.1. The van der Waals surface area contributed by atoms with Gasteiger partial charge < -0.3 is 32.6 Å². The lowest BCUT2D eigenvalue weighted by molar-refractivity contribution is -0.163. The summed E-state index contributed by atoms with van der Waals surface area (Å²) in [6, 6.07) is -10.5. The lowest BCUT2D eigenvalue weighted by Gasteiger charge is -2.17. The molecule has 25 nitrogen and oxygen atoms in total. The average Bonchev–Trinajstić information content (AvgIpc) is 1.66. The number of thiocarbonyl (C=S) groups is 1. The number of nitrogens with zero attached hydrogens (tertiary/aromatic N) is 14.